The maximum atomic E-state index is 9.81. The van der Waals surface area contributed by atoms with Crippen molar-refractivity contribution in [3.63, 3.8) is 0 Å². The molecule has 2 aromatic rings. The van der Waals surface area contributed by atoms with Gasteiger partial charge in [-0.1, -0.05) is 54.1 Å². The molecule has 1 unspecified atom stereocenters. The van der Waals surface area contributed by atoms with Crippen molar-refractivity contribution in [1.82, 2.24) is 0 Å². The summed E-state index contributed by atoms with van der Waals surface area (Å²) in [7, 11) is 0. The molecule has 0 aliphatic carbocycles. The van der Waals surface area contributed by atoms with E-state index in [2.05, 4.69) is 19.1 Å². The van der Waals surface area contributed by atoms with Crippen LogP contribution in [0.2, 0.25) is 5.02 Å². The fourth-order valence-electron chi connectivity index (χ4n) is 4.07. The molecule has 4 nitrogen and oxygen atoms in total. The van der Waals surface area contributed by atoms with Crippen molar-refractivity contribution in [3.8, 4) is 6.07 Å². The molecule has 0 radical (unpaired) electrons. The van der Waals surface area contributed by atoms with Crippen LogP contribution in [0, 0.1) is 11.3 Å². The smallest absolute Gasteiger partial charge is 0.205 e. The van der Waals surface area contributed by atoms with Crippen LogP contribution in [0.15, 0.2) is 83.0 Å². The number of nitrogens with zero attached hydrogens (tertiary/aromatic N) is 1. The largest absolute Gasteiger partial charge is 0.440 e. The molecule has 5 heteroatoms. The first-order valence-electron chi connectivity index (χ1n) is 9.76. The predicted molar refractivity (Wildman–Crippen MR) is 115 cm³/mol. The van der Waals surface area contributed by atoms with Crippen LogP contribution in [-0.2, 0) is 4.74 Å². The second-order valence-corrected chi connectivity index (χ2v) is 7.80. The van der Waals surface area contributed by atoms with Crippen molar-refractivity contribution in [1.29, 1.82) is 5.26 Å². The molecule has 0 saturated carbocycles. The van der Waals surface area contributed by atoms with Gasteiger partial charge in [-0.15, -0.1) is 0 Å². The van der Waals surface area contributed by atoms with E-state index in [1.165, 1.54) is 4.90 Å². The molecule has 0 saturated heterocycles. The van der Waals surface area contributed by atoms with Gasteiger partial charge in [0.15, 0.2) is 0 Å². The molecule has 4 rings (SSSR count). The zero-order valence-corrected chi connectivity index (χ0v) is 17.0. The zero-order chi connectivity index (χ0) is 20.4. The lowest BCUT2D eigenvalue weighted by molar-refractivity contribution is -0.890. The molecule has 3 N–H and O–H groups in total. The standard InChI is InChI=1S/C24H22ClN3O/c1-2-28-14-18(12-16-8-10-19(25)11-9-16)23-21(15-28)22(17-6-4-3-5-7-17)20(13-26)24(27)29-23/h3-12,22H,2,14-15,27H2,1H3/p+1/b18-12+/t22-/m1/s1. The molecule has 2 aliphatic heterocycles. The van der Waals surface area contributed by atoms with Gasteiger partial charge in [0.05, 0.1) is 12.5 Å². The van der Waals surface area contributed by atoms with Crippen LogP contribution in [0.4, 0.5) is 0 Å². The Morgan fingerprint density at radius 1 is 1.17 bits per heavy atom. The van der Waals surface area contributed by atoms with Crippen LogP contribution in [0.1, 0.15) is 24.0 Å². The van der Waals surface area contributed by atoms with Crippen molar-refractivity contribution < 1.29 is 9.64 Å². The van der Waals surface area contributed by atoms with Gasteiger partial charge in [0.2, 0.25) is 5.88 Å². The maximum absolute atomic E-state index is 9.81. The summed E-state index contributed by atoms with van der Waals surface area (Å²) in [6.45, 7) is 4.82. The first kappa shape index (κ1) is 19.3. The lowest BCUT2D eigenvalue weighted by atomic mass is 9.80. The highest BCUT2D eigenvalue weighted by Gasteiger charge is 2.39. The lowest BCUT2D eigenvalue weighted by Crippen LogP contribution is -3.12. The summed E-state index contributed by atoms with van der Waals surface area (Å²) in [4.78, 5) is 1.42. The van der Waals surface area contributed by atoms with E-state index in [9.17, 15) is 5.26 Å². The minimum absolute atomic E-state index is 0.180. The zero-order valence-electron chi connectivity index (χ0n) is 16.3. The Kier molecular flexibility index (Phi) is 5.44. The molecule has 29 heavy (non-hydrogen) atoms. The Morgan fingerprint density at radius 3 is 2.55 bits per heavy atom. The van der Waals surface area contributed by atoms with Crippen molar-refractivity contribution in [2.45, 2.75) is 12.8 Å². The maximum Gasteiger partial charge on any atom is 0.205 e. The number of allylic oxidation sites excluding steroid dienone is 1. The molecule has 2 heterocycles. The van der Waals surface area contributed by atoms with Crippen LogP contribution in [0.3, 0.4) is 0 Å². The molecule has 146 valence electrons. The van der Waals surface area contributed by atoms with Gasteiger partial charge in [0, 0.05) is 16.2 Å². The topological polar surface area (TPSA) is 63.5 Å². The minimum Gasteiger partial charge on any atom is -0.440 e. The van der Waals surface area contributed by atoms with Crippen molar-refractivity contribution in [3.05, 3.63) is 99.1 Å². The molecular formula is C24H23ClN3O+. The Labute approximate surface area is 176 Å². The monoisotopic (exact) mass is 404 g/mol. The number of likely N-dealkylation sites (N-methyl/N-ethyl adjacent to an activating group) is 1. The van der Waals surface area contributed by atoms with E-state index < -0.39 is 0 Å². The third kappa shape index (κ3) is 3.80. The third-order valence-electron chi connectivity index (χ3n) is 5.54. The number of nitriles is 1. The summed E-state index contributed by atoms with van der Waals surface area (Å²) in [6.07, 6.45) is 2.13. The molecule has 2 atom stereocenters. The van der Waals surface area contributed by atoms with Gasteiger partial charge in [-0.3, -0.25) is 0 Å². The van der Waals surface area contributed by atoms with Crippen molar-refractivity contribution >= 4 is 17.7 Å². The minimum atomic E-state index is -0.180. The lowest BCUT2D eigenvalue weighted by Gasteiger charge is -2.36. The average Bonchev–Trinajstić information content (AvgIpc) is 2.75. The summed E-state index contributed by atoms with van der Waals surface area (Å²) >= 11 is 6.04. The predicted octanol–water partition coefficient (Wildman–Crippen LogP) is 3.40. The first-order valence-corrected chi connectivity index (χ1v) is 10.1. The summed E-state index contributed by atoms with van der Waals surface area (Å²) in [5, 5.41) is 10.5. The van der Waals surface area contributed by atoms with E-state index in [0.717, 1.165) is 47.7 Å². The highest BCUT2D eigenvalue weighted by Crippen LogP contribution is 2.41. The number of benzene rings is 2. The van der Waals surface area contributed by atoms with Gasteiger partial charge < -0.3 is 15.4 Å². The van der Waals surface area contributed by atoms with E-state index in [0.29, 0.717) is 10.6 Å². The number of halogens is 1. The molecule has 2 aromatic carbocycles. The summed E-state index contributed by atoms with van der Waals surface area (Å²) in [6, 6.07) is 20.1. The van der Waals surface area contributed by atoms with Gasteiger partial charge in [-0.25, -0.2) is 0 Å². The van der Waals surface area contributed by atoms with Gasteiger partial charge >= 0.3 is 0 Å². The number of hydrogen-bond donors (Lipinski definition) is 2. The molecule has 0 fully saturated rings. The van der Waals surface area contributed by atoms with Crippen molar-refractivity contribution in [2.75, 3.05) is 19.6 Å². The number of nitrogens with two attached hydrogens (primary N) is 1. The van der Waals surface area contributed by atoms with Gasteiger partial charge in [0.25, 0.3) is 0 Å². The molecule has 0 spiro atoms. The SMILES string of the molecule is CC[NH+]1CC2=C(OC(N)=C(C#N)[C@H]2c2ccccc2)/C(=C/c2ccc(Cl)cc2)C1. The average molecular weight is 405 g/mol. The summed E-state index contributed by atoms with van der Waals surface area (Å²) < 4.78 is 6.05. The highest BCUT2D eigenvalue weighted by molar-refractivity contribution is 6.30. The van der Waals surface area contributed by atoms with Crippen LogP contribution >= 0.6 is 11.6 Å². The molecule has 0 bridgehead atoms. The van der Waals surface area contributed by atoms with Crippen LogP contribution in [-0.4, -0.2) is 19.6 Å². The van der Waals surface area contributed by atoms with E-state index in [1.54, 1.807) is 0 Å². The van der Waals surface area contributed by atoms with Crippen LogP contribution in [0.5, 0.6) is 0 Å². The Hall–Kier alpha value is -3.00. The Balaban J connectivity index is 1.86. The second-order valence-electron chi connectivity index (χ2n) is 7.37. The Morgan fingerprint density at radius 2 is 1.90 bits per heavy atom. The fourth-order valence-corrected chi connectivity index (χ4v) is 4.20. The number of quaternary nitrogens is 1. The van der Waals surface area contributed by atoms with E-state index in [-0.39, 0.29) is 11.8 Å². The Bertz CT molecular complexity index is 1050. The second kappa shape index (κ2) is 8.16. The van der Waals surface area contributed by atoms with Crippen molar-refractivity contribution in [2.24, 2.45) is 5.73 Å². The van der Waals surface area contributed by atoms with Gasteiger partial charge in [0.1, 0.15) is 30.5 Å². The molecular weight excluding hydrogens is 382 g/mol. The number of rotatable bonds is 3. The quantitative estimate of drug-likeness (QED) is 0.824. The normalized spacial score (nSPS) is 22.9. The van der Waals surface area contributed by atoms with E-state index >= 15 is 0 Å². The first-order chi connectivity index (χ1) is 14.1. The van der Waals surface area contributed by atoms with E-state index in [1.807, 2.05) is 54.6 Å². The summed E-state index contributed by atoms with van der Waals surface area (Å²) in [5.74, 6) is 0.824. The highest BCUT2D eigenvalue weighted by atomic mass is 35.5. The number of hydrogen-bond acceptors (Lipinski definition) is 3. The molecule has 0 amide bonds. The fraction of sp³-hybridized carbons (Fsp3) is 0.208. The van der Waals surface area contributed by atoms with Crippen LogP contribution < -0.4 is 10.6 Å². The number of ether oxygens (including phenoxy) is 1. The summed E-state index contributed by atoms with van der Waals surface area (Å²) in [5.41, 5.74) is 11.0. The molecule has 0 aromatic heterocycles. The van der Waals surface area contributed by atoms with E-state index in [4.69, 9.17) is 22.1 Å². The van der Waals surface area contributed by atoms with Crippen LogP contribution in [0.25, 0.3) is 6.08 Å². The molecule has 2 aliphatic rings. The third-order valence-corrected chi connectivity index (χ3v) is 5.80. The van der Waals surface area contributed by atoms with Gasteiger partial charge in [-0.2, -0.15) is 5.26 Å². The van der Waals surface area contributed by atoms with Gasteiger partial charge in [-0.05, 0) is 36.3 Å². The number of nitrogens with one attached hydrogen (secondary N) is 1.